The topological polar surface area (TPSA) is 71.2 Å². The zero-order valence-electron chi connectivity index (χ0n) is 9.38. The molecule has 0 saturated heterocycles. The normalized spacial score (nSPS) is 12.1. The Morgan fingerprint density at radius 1 is 1.24 bits per heavy atom. The van der Waals surface area contributed by atoms with Crippen molar-refractivity contribution in [2.75, 3.05) is 17.7 Å². The number of nitrogen functional groups attached to an aromatic ring is 1. The third-order valence-corrected chi connectivity index (χ3v) is 2.57. The van der Waals surface area contributed by atoms with Gasteiger partial charge in [-0.3, -0.25) is 4.98 Å². The van der Waals surface area contributed by atoms with Crippen LogP contribution in [0, 0.1) is 0 Å². The van der Waals surface area contributed by atoms with Gasteiger partial charge in [-0.05, 0) is 11.6 Å². The number of hydrogen-bond donors (Lipinski definition) is 3. The Morgan fingerprint density at radius 2 is 2.00 bits per heavy atom. The molecule has 1 aromatic carbocycles. The van der Waals surface area contributed by atoms with Gasteiger partial charge in [-0.25, -0.2) is 0 Å². The molecule has 0 aliphatic heterocycles. The molecule has 1 atom stereocenters. The smallest absolute Gasteiger partial charge is 0.0745 e. The number of aromatic nitrogens is 1. The first-order valence-corrected chi connectivity index (χ1v) is 5.43. The first-order valence-electron chi connectivity index (χ1n) is 5.43. The third kappa shape index (κ3) is 2.73. The number of aliphatic hydroxyl groups excluding tert-OH is 1. The molecule has 0 aliphatic rings. The highest BCUT2D eigenvalue weighted by Crippen LogP contribution is 2.22. The lowest BCUT2D eigenvalue weighted by Crippen LogP contribution is -2.15. The summed E-state index contributed by atoms with van der Waals surface area (Å²) in [5.41, 5.74) is 8.17. The van der Waals surface area contributed by atoms with Gasteiger partial charge in [0.05, 0.1) is 30.2 Å². The van der Waals surface area contributed by atoms with Crippen LogP contribution in [0.15, 0.2) is 48.8 Å². The molecule has 4 N–H and O–H groups in total. The Balaban J connectivity index is 2.19. The predicted octanol–water partition coefficient (Wildman–Crippen LogP) is 1.81. The quantitative estimate of drug-likeness (QED) is 0.747. The zero-order chi connectivity index (χ0) is 12.1. The summed E-state index contributed by atoms with van der Waals surface area (Å²) in [5, 5.41) is 12.6. The molecule has 4 heteroatoms. The third-order valence-electron chi connectivity index (χ3n) is 2.57. The molecule has 0 spiro atoms. The van der Waals surface area contributed by atoms with Gasteiger partial charge in [0.2, 0.25) is 0 Å². The van der Waals surface area contributed by atoms with E-state index in [0.717, 1.165) is 11.3 Å². The van der Waals surface area contributed by atoms with Gasteiger partial charge in [0.1, 0.15) is 0 Å². The molecule has 0 saturated carbocycles. The van der Waals surface area contributed by atoms with Gasteiger partial charge >= 0.3 is 0 Å². The molecule has 2 aromatic rings. The second-order valence-electron chi connectivity index (χ2n) is 3.75. The standard InChI is InChI=1S/C13H15N3O/c14-11-8-15-7-6-12(11)16-13(9-17)10-4-2-1-3-5-10/h1-8,13,17H,9,14H2,(H,15,16). The SMILES string of the molecule is Nc1cnccc1NC(CO)c1ccccc1. The van der Waals surface area contributed by atoms with E-state index in [2.05, 4.69) is 10.3 Å². The van der Waals surface area contributed by atoms with E-state index in [0.29, 0.717) is 5.69 Å². The van der Waals surface area contributed by atoms with E-state index in [1.54, 1.807) is 18.5 Å². The molecule has 0 radical (unpaired) electrons. The monoisotopic (exact) mass is 229 g/mol. The number of pyridine rings is 1. The van der Waals surface area contributed by atoms with Crippen LogP contribution in [0.2, 0.25) is 0 Å². The molecule has 0 fully saturated rings. The number of rotatable bonds is 4. The average Bonchev–Trinajstić information content (AvgIpc) is 2.39. The van der Waals surface area contributed by atoms with Crippen LogP contribution in [-0.4, -0.2) is 16.7 Å². The van der Waals surface area contributed by atoms with Crippen LogP contribution >= 0.6 is 0 Å². The van der Waals surface area contributed by atoms with Crippen LogP contribution < -0.4 is 11.1 Å². The minimum atomic E-state index is -0.166. The molecule has 1 heterocycles. The summed E-state index contributed by atoms with van der Waals surface area (Å²) in [6, 6.07) is 11.4. The summed E-state index contributed by atoms with van der Waals surface area (Å²) in [4.78, 5) is 3.92. The number of anilines is 2. The fraction of sp³-hybridized carbons (Fsp3) is 0.154. The van der Waals surface area contributed by atoms with Crippen LogP contribution in [0.4, 0.5) is 11.4 Å². The summed E-state index contributed by atoms with van der Waals surface area (Å²) in [6.07, 6.45) is 3.25. The zero-order valence-corrected chi connectivity index (χ0v) is 9.38. The fourth-order valence-electron chi connectivity index (χ4n) is 1.65. The highest BCUT2D eigenvalue weighted by atomic mass is 16.3. The Labute approximate surface area is 100 Å². The van der Waals surface area contributed by atoms with Gasteiger partial charge in [0.15, 0.2) is 0 Å². The van der Waals surface area contributed by atoms with Gasteiger partial charge < -0.3 is 16.2 Å². The van der Waals surface area contributed by atoms with Crippen molar-refractivity contribution in [1.29, 1.82) is 0 Å². The lowest BCUT2D eigenvalue weighted by Gasteiger charge is -2.18. The van der Waals surface area contributed by atoms with E-state index < -0.39 is 0 Å². The van der Waals surface area contributed by atoms with Crippen LogP contribution in [0.3, 0.4) is 0 Å². The number of nitrogens with two attached hydrogens (primary N) is 1. The maximum Gasteiger partial charge on any atom is 0.0745 e. The van der Waals surface area contributed by atoms with Crippen LogP contribution in [0.5, 0.6) is 0 Å². The first kappa shape index (κ1) is 11.4. The molecule has 1 unspecified atom stereocenters. The number of nitrogens with one attached hydrogen (secondary N) is 1. The molecule has 4 nitrogen and oxygen atoms in total. The molecule has 0 aliphatic carbocycles. The van der Waals surface area contributed by atoms with Crippen molar-refractivity contribution in [2.45, 2.75) is 6.04 Å². The Bertz CT molecular complexity index is 473. The number of hydrogen-bond acceptors (Lipinski definition) is 4. The van der Waals surface area contributed by atoms with Crippen LogP contribution in [0.25, 0.3) is 0 Å². The Morgan fingerprint density at radius 3 is 2.65 bits per heavy atom. The van der Waals surface area contributed by atoms with Gasteiger partial charge in [-0.15, -0.1) is 0 Å². The van der Waals surface area contributed by atoms with Gasteiger partial charge in [0, 0.05) is 6.20 Å². The van der Waals surface area contributed by atoms with Crippen molar-refractivity contribution in [3.63, 3.8) is 0 Å². The minimum absolute atomic E-state index is 0.00573. The first-order chi connectivity index (χ1) is 8.31. The van der Waals surface area contributed by atoms with Gasteiger partial charge in [-0.2, -0.15) is 0 Å². The van der Waals surface area contributed by atoms with Crippen molar-refractivity contribution in [2.24, 2.45) is 0 Å². The minimum Gasteiger partial charge on any atom is -0.396 e. The highest BCUT2D eigenvalue weighted by Gasteiger charge is 2.10. The Kier molecular flexibility index (Phi) is 3.57. The summed E-state index contributed by atoms with van der Waals surface area (Å²) in [6.45, 7) is 0.00573. The molecule has 2 rings (SSSR count). The Hall–Kier alpha value is -2.07. The average molecular weight is 229 g/mol. The number of nitrogens with zero attached hydrogens (tertiary/aromatic N) is 1. The summed E-state index contributed by atoms with van der Waals surface area (Å²) in [5.74, 6) is 0. The molecular weight excluding hydrogens is 214 g/mol. The molecule has 88 valence electrons. The number of aliphatic hydroxyl groups is 1. The van der Waals surface area contributed by atoms with E-state index in [1.165, 1.54) is 0 Å². The van der Waals surface area contributed by atoms with Gasteiger partial charge in [-0.1, -0.05) is 30.3 Å². The van der Waals surface area contributed by atoms with E-state index in [9.17, 15) is 5.11 Å². The summed E-state index contributed by atoms with van der Waals surface area (Å²) in [7, 11) is 0. The van der Waals surface area contributed by atoms with E-state index in [-0.39, 0.29) is 12.6 Å². The van der Waals surface area contributed by atoms with Gasteiger partial charge in [0.25, 0.3) is 0 Å². The maximum absolute atomic E-state index is 9.41. The van der Waals surface area contributed by atoms with E-state index in [1.807, 2.05) is 30.3 Å². The van der Waals surface area contributed by atoms with Crippen LogP contribution in [-0.2, 0) is 0 Å². The maximum atomic E-state index is 9.41. The highest BCUT2D eigenvalue weighted by molar-refractivity contribution is 5.64. The molecule has 0 amide bonds. The largest absolute Gasteiger partial charge is 0.396 e. The predicted molar refractivity (Wildman–Crippen MR) is 68.5 cm³/mol. The molecular formula is C13H15N3O. The van der Waals surface area contributed by atoms with E-state index >= 15 is 0 Å². The summed E-state index contributed by atoms with van der Waals surface area (Å²) < 4.78 is 0. The van der Waals surface area contributed by atoms with Crippen molar-refractivity contribution < 1.29 is 5.11 Å². The number of benzene rings is 1. The van der Waals surface area contributed by atoms with Crippen molar-refractivity contribution in [3.8, 4) is 0 Å². The second-order valence-corrected chi connectivity index (χ2v) is 3.75. The fourth-order valence-corrected chi connectivity index (χ4v) is 1.65. The summed E-state index contributed by atoms with van der Waals surface area (Å²) >= 11 is 0. The molecule has 17 heavy (non-hydrogen) atoms. The van der Waals surface area contributed by atoms with Crippen molar-refractivity contribution in [3.05, 3.63) is 54.4 Å². The second kappa shape index (κ2) is 5.32. The molecule has 0 bridgehead atoms. The van der Waals surface area contributed by atoms with Crippen molar-refractivity contribution in [1.82, 2.24) is 4.98 Å². The van der Waals surface area contributed by atoms with Crippen LogP contribution in [0.1, 0.15) is 11.6 Å². The molecule has 1 aromatic heterocycles. The lowest BCUT2D eigenvalue weighted by molar-refractivity contribution is 0.276. The lowest BCUT2D eigenvalue weighted by atomic mass is 10.1. The van der Waals surface area contributed by atoms with Crippen molar-refractivity contribution >= 4 is 11.4 Å². The van der Waals surface area contributed by atoms with E-state index in [4.69, 9.17) is 5.73 Å².